The van der Waals surface area contributed by atoms with Crippen LogP contribution in [0.4, 0.5) is 4.79 Å². The molecule has 0 atom stereocenters. The Morgan fingerprint density at radius 2 is 2.56 bits per heavy atom. The van der Waals surface area contributed by atoms with Gasteiger partial charge in [0.05, 0.1) is 28.7 Å². The quantitative estimate of drug-likeness (QED) is 0.490. The van der Waals surface area contributed by atoms with Crippen LogP contribution in [0.3, 0.4) is 0 Å². The third-order valence-corrected chi connectivity index (χ3v) is 3.13. The molecule has 0 bridgehead atoms. The first kappa shape index (κ1) is 7.33. The van der Waals surface area contributed by atoms with Gasteiger partial charge in [-0.25, -0.2) is 0 Å². The molecular formula is C4H5IN2OS. The minimum absolute atomic E-state index is 0.0829. The smallest absolute Gasteiger partial charge is 0.292 e. The van der Waals surface area contributed by atoms with Crippen molar-refractivity contribution in [3.8, 4) is 0 Å². The van der Waals surface area contributed by atoms with E-state index in [4.69, 9.17) is 0 Å². The van der Waals surface area contributed by atoms with Gasteiger partial charge >= 0.3 is 5.24 Å². The van der Waals surface area contributed by atoms with Gasteiger partial charge in [0, 0.05) is 0 Å². The van der Waals surface area contributed by atoms with E-state index in [2.05, 4.69) is 27.9 Å². The Hall–Kier alpha value is 0.220. The highest BCUT2D eigenvalue weighted by Crippen LogP contribution is 2.17. The number of thioether (sulfide) groups is 1. The summed E-state index contributed by atoms with van der Waals surface area (Å²) in [6, 6.07) is 0. The molecule has 0 aromatic heterocycles. The Balaban J connectivity index is 2.72. The normalized spacial score (nSPS) is 20.0. The molecule has 0 aromatic carbocycles. The zero-order chi connectivity index (χ0) is 6.85. The standard InChI is InChI=1S/C4H5IN2OS/c1-3-6-4(8)9-2-7(3)5/h2H2,1H3. The lowest BCUT2D eigenvalue weighted by Gasteiger charge is -2.17. The van der Waals surface area contributed by atoms with Gasteiger partial charge in [-0.05, 0) is 18.7 Å². The van der Waals surface area contributed by atoms with Gasteiger partial charge in [-0.15, -0.1) is 0 Å². The number of halogens is 1. The van der Waals surface area contributed by atoms with Gasteiger partial charge in [-0.3, -0.25) is 7.91 Å². The van der Waals surface area contributed by atoms with E-state index >= 15 is 0 Å². The molecule has 0 N–H and O–H groups in total. The zero-order valence-corrected chi connectivity index (χ0v) is 7.77. The molecule has 1 heterocycles. The van der Waals surface area contributed by atoms with Gasteiger partial charge in [-0.2, -0.15) is 4.99 Å². The highest BCUT2D eigenvalue weighted by Gasteiger charge is 2.13. The Morgan fingerprint density at radius 3 is 3.00 bits per heavy atom. The van der Waals surface area contributed by atoms with Crippen molar-refractivity contribution in [2.45, 2.75) is 6.92 Å². The summed E-state index contributed by atoms with van der Waals surface area (Å²) in [4.78, 5) is 14.3. The Kier molecular flexibility index (Phi) is 2.34. The van der Waals surface area contributed by atoms with Crippen molar-refractivity contribution in [3.63, 3.8) is 0 Å². The molecular weight excluding hydrogens is 251 g/mol. The topological polar surface area (TPSA) is 32.7 Å². The largest absolute Gasteiger partial charge is 0.308 e. The predicted molar refractivity (Wildman–Crippen MR) is 46.8 cm³/mol. The van der Waals surface area contributed by atoms with Gasteiger partial charge in [-0.1, -0.05) is 0 Å². The number of rotatable bonds is 0. The molecule has 9 heavy (non-hydrogen) atoms. The maximum absolute atomic E-state index is 10.6. The molecule has 1 amide bonds. The third kappa shape index (κ3) is 1.82. The summed E-state index contributed by atoms with van der Waals surface area (Å²) in [5, 5.41) is -0.0829. The second-order valence-corrected chi connectivity index (χ2v) is 3.62. The fraction of sp³-hybridized carbons (Fsp3) is 0.500. The van der Waals surface area contributed by atoms with Crippen molar-refractivity contribution in [3.05, 3.63) is 0 Å². The van der Waals surface area contributed by atoms with Crippen LogP contribution in [0.2, 0.25) is 0 Å². The molecule has 0 unspecified atom stereocenters. The van der Waals surface area contributed by atoms with Gasteiger partial charge in [0.1, 0.15) is 5.84 Å². The van der Waals surface area contributed by atoms with E-state index in [-0.39, 0.29) is 5.24 Å². The first-order chi connectivity index (χ1) is 4.20. The number of carbonyl (C=O) groups excluding carboxylic acids is 1. The van der Waals surface area contributed by atoms with Crippen molar-refractivity contribution < 1.29 is 4.79 Å². The van der Waals surface area contributed by atoms with Crippen molar-refractivity contribution in [2.24, 2.45) is 4.99 Å². The molecule has 0 spiro atoms. The van der Waals surface area contributed by atoms with Crippen LogP contribution < -0.4 is 0 Å². The molecule has 5 heteroatoms. The lowest BCUT2D eigenvalue weighted by atomic mass is 10.7. The van der Waals surface area contributed by atoms with E-state index in [1.54, 1.807) is 0 Å². The number of nitrogens with zero attached hydrogens (tertiary/aromatic N) is 2. The lowest BCUT2D eigenvalue weighted by Crippen LogP contribution is -2.22. The third-order valence-electron chi connectivity index (χ3n) is 0.906. The zero-order valence-electron chi connectivity index (χ0n) is 4.80. The Morgan fingerprint density at radius 1 is 1.89 bits per heavy atom. The minimum atomic E-state index is -0.0829. The van der Waals surface area contributed by atoms with Crippen LogP contribution in [0.1, 0.15) is 6.92 Å². The highest BCUT2D eigenvalue weighted by atomic mass is 127. The summed E-state index contributed by atoms with van der Waals surface area (Å²) < 4.78 is 1.91. The first-order valence-electron chi connectivity index (χ1n) is 2.35. The summed E-state index contributed by atoms with van der Waals surface area (Å²) in [6.45, 7) is 1.82. The van der Waals surface area contributed by atoms with Crippen molar-refractivity contribution in [1.82, 2.24) is 3.11 Å². The van der Waals surface area contributed by atoms with E-state index in [9.17, 15) is 4.79 Å². The molecule has 3 nitrogen and oxygen atoms in total. The van der Waals surface area contributed by atoms with Crippen LogP contribution in [0.5, 0.6) is 0 Å². The molecule has 0 aromatic rings. The second kappa shape index (κ2) is 2.87. The molecule has 1 aliphatic rings. The van der Waals surface area contributed by atoms with Crippen LogP contribution in [-0.2, 0) is 0 Å². The fourth-order valence-corrected chi connectivity index (χ4v) is 1.56. The van der Waals surface area contributed by atoms with Crippen LogP contribution in [0.15, 0.2) is 4.99 Å². The SMILES string of the molecule is CC1=NC(=O)SCN1I. The summed E-state index contributed by atoms with van der Waals surface area (Å²) in [7, 11) is 0. The average Bonchev–Trinajstić information content (AvgIpc) is 1.80. The van der Waals surface area contributed by atoms with E-state index < -0.39 is 0 Å². The van der Waals surface area contributed by atoms with Gasteiger partial charge in [0.25, 0.3) is 0 Å². The molecule has 50 valence electrons. The molecule has 1 aliphatic heterocycles. The number of aliphatic imine (C=N–C) groups is 1. The molecule has 0 aliphatic carbocycles. The van der Waals surface area contributed by atoms with E-state index in [0.29, 0.717) is 5.88 Å². The second-order valence-electron chi connectivity index (χ2n) is 1.56. The van der Waals surface area contributed by atoms with Gasteiger partial charge in [0.2, 0.25) is 0 Å². The fourth-order valence-electron chi connectivity index (χ4n) is 0.424. The van der Waals surface area contributed by atoms with E-state index in [1.165, 1.54) is 11.8 Å². The van der Waals surface area contributed by atoms with Crippen molar-refractivity contribution in [1.29, 1.82) is 0 Å². The van der Waals surface area contributed by atoms with Gasteiger partial charge < -0.3 is 0 Å². The van der Waals surface area contributed by atoms with E-state index in [0.717, 1.165) is 5.84 Å². The number of carbonyl (C=O) groups is 1. The minimum Gasteiger partial charge on any atom is -0.292 e. The summed E-state index contributed by atoms with van der Waals surface area (Å²) in [5.41, 5.74) is 0. The molecule has 0 radical (unpaired) electrons. The Labute approximate surface area is 71.4 Å². The number of amides is 1. The van der Waals surface area contributed by atoms with Crippen LogP contribution in [-0.4, -0.2) is 20.1 Å². The summed E-state index contributed by atoms with van der Waals surface area (Å²) >= 11 is 3.34. The number of amidine groups is 1. The summed E-state index contributed by atoms with van der Waals surface area (Å²) in [5.74, 6) is 1.51. The van der Waals surface area contributed by atoms with Crippen molar-refractivity contribution in [2.75, 3.05) is 5.88 Å². The van der Waals surface area contributed by atoms with E-state index in [1.807, 2.05) is 10.0 Å². The van der Waals surface area contributed by atoms with Crippen LogP contribution in [0.25, 0.3) is 0 Å². The molecule has 0 saturated carbocycles. The predicted octanol–water partition coefficient (Wildman–Crippen LogP) is 1.88. The molecule has 0 saturated heterocycles. The lowest BCUT2D eigenvalue weighted by molar-refractivity contribution is 0.267. The first-order valence-corrected chi connectivity index (χ1v) is 4.30. The monoisotopic (exact) mass is 256 g/mol. The Bertz CT molecular complexity index is 170. The van der Waals surface area contributed by atoms with Gasteiger partial charge in [0.15, 0.2) is 0 Å². The molecule has 0 fully saturated rings. The van der Waals surface area contributed by atoms with Crippen LogP contribution >= 0.6 is 34.6 Å². The average molecular weight is 256 g/mol. The molecule has 1 rings (SSSR count). The highest BCUT2D eigenvalue weighted by molar-refractivity contribution is 14.1. The summed E-state index contributed by atoms with van der Waals surface area (Å²) in [6.07, 6.45) is 0. The van der Waals surface area contributed by atoms with Crippen LogP contribution in [0, 0.1) is 0 Å². The number of hydrogen-bond acceptors (Lipinski definition) is 3. The van der Waals surface area contributed by atoms with Crippen molar-refractivity contribution >= 4 is 45.7 Å². The maximum Gasteiger partial charge on any atom is 0.308 e. The maximum atomic E-state index is 10.6. The number of hydrogen-bond donors (Lipinski definition) is 0.